The van der Waals surface area contributed by atoms with Gasteiger partial charge >= 0.3 is 0 Å². The number of anilines is 2. The van der Waals surface area contributed by atoms with Crippen molar-refractivity contribution in [3.63, 3.8) is 0 Å². The molecule has 0 fully saturated rings. The molecule has 0 spiro atoms. The Labute approximate surface area is 850 Å². The number of halogens is 2. The summed E-state index contributed by atoms with van der Waals surface area (Å²) in [7, 11) is 0. The third kappa shape index (κ3) is 15.2. The van der Waals surface area contributed by atoms with Crippen molar-refractivity contribution >= 4 is 190 Å². The van der Waals surface area contributed by atoms with E-state index in [1.165, 1.54) is 9.80 Å². The molecular formula is C132H112Cl2N2O8. The number of carbonyl (C=O) groups excluding carboxylic acids is 4. The molecule has 0 radical (unpaired) electrons. The Kier molecular flexibility index (Phi) is 21.8. The van der Waals surface area contributed by atoms with Crippen LogP contribution in [0.25, 0.3) is 154 Å². The van der Waals surface area contributed by atoms with E-state index in [4.69, 9.17) is 42.1 Å². The summed E-state index contributed by atoms with van der Waals surface area (Å²) in [6, 6.07) is 91.4. The minimum atomic E-state index is -0.428. The van der Waals surface area contributed by atoms with Gasteiger partial charge in [0.25, 0.3) is 23.6 Å². The van der Waals surface area contributed by atoms with Crippen LogP contribution in [0.1, 0.15) is 270 Å². The molecule has 0 saturated carbocycles. The fourth-order valence-corrected chi connectivity index (χ4v) is 23.2. The molecule has 12 heteroatoms. The molecule has 23 rings (SSSR count). The third-order valence-corrected chi connectivity index (χ3v) is 30.8. The lowest BCUT2D eigenvalue weighted by Crippen LogP contribution is -2.42. The van der Waals surface area contributed by atoms with Gasteiger partial charge in [-0.15, -0.1) is 0 Å². The molecule has 144 heavy (non-hydrogen) atoms. The fraction of sp³-hybridized carbons (Fsp3) is 0.212. The summed E-state index contributed by atoms with van der Waals surface area (Å²) >= 11 is 15.6. The largest absolute Gasteiger partial charge is 0.457 e. The second-order valence-electron chi connectivity index (χ2n) is 45.0. The number of imide groups is 2. The van der Waals surface area contributed by atoms with Gasteiger partial charge in [0.2, 0.25) is 0 Å². The minimum absolute atomic E-state index is 0.0224. The predicted octanol–water partition coefficient (Wildman–Crippen LogP) is 37.8. The predicted molar refractivity (Wildman–Crippen MR) is 601 cm³/mol. The number of fused-ring (bicyclic) bond motifs is 8. The maximum atomic E-state index is 16.2. The second kappa shape index (κ2) is 33.9. The van der Waals surface area contributed by atoms with E-state index in [0.29, 0.717) is 111 Å². The van der Waals surface area contributed by atoms with Crippen molar-refractivity contribution in [2.45, 2.75) is 184 Å². The molecule has 4 amide bonds. The smallest absolute Gasteiger partial charge is 0.266 e. The zero-order valence-corrected chi connectivity index (χ0v) is 86.5. The van der Waals surface area contributed by atoms with E-state index in [-0.39, 0.29) is 45.3 Å². The van der Waals surface area contributed by atoms with Gasteiger partial charge in [-0.2, -0.15) is 0 Å². The zero-order chi connectivity index (χ0) is 101. The number of hydrogen-bond donors (Lipinski definition) is 0. The van der Waals surface area contributed by atoms with Crippen molar-refractivity contribution < 1.29 is 38.1 Å². The molecule has 0 atom stereocenters. The highest BCUT2D eigenvalue weighted by Crippen LogP contribution is 2.59. The quantitative estimate of drug-likeness (QED) is 0.0534. The van der Waals surface area contributed by atoms with E-state index in [1.54, 1.807) is 0 Å². The molecule has 712 valence electrons. The van der Waals surface area contributed by atoms with Gasteiger partial charge in [0.15, 0.2) is 0 Å². The number of benzene rings is 20. The lowest BCUT2D eigenvalue weighted by molar-refractivity contribution is 0.0877. The molecular weight excluding hydrogens is 1810 g/mol. The van der Waals surface area contributed by atoms with Gasteiger partial charge in [-0.1, -0.05) is 332 Å². The highest BCUT2D eigenvalue weighted by Gasteiger charge is 2.44. The number of carbonyl (C=O) groups is 4. The maximum Gasteiger partial charge on any atom is 0.266 e. The number of para-hydroxylation sites is 2. The highest BCUT2D eigenvalue weighted by atomic mass is 35.5. The van der Waals surface area contributed by atoms with Crippen molar-refractivity contribution in [1.29, 1.82) is 0 Å². The van der Waals surface area contributed by atoms with Crippen LogP contribution in [0.4, 0.5) is 11.4 Å². The van der Waals surface area contributed by atoms with Gasteiger partial charge in [-0.3, -0.25) is 19.2 Å². The summed E-state index contributed by atoms with van der Waals surface area (Å²) < 4.78 is 29.3. The standard InChI is InChI=1S/C132H112Cl2N2O8/c1-69(2)89-25-21-26-90(70(3)4)123(89)135-125(137)103-65-109(141-85-45-37-81(38-46-85)129(9,10)11)117-97-31-23-29-95-93(53-55-99(113(95)97)119-111(67-105(127(135)139)115(103)121(117)119)143-87-49-41-83(42-50-87)131(15,16)17)101-61-77-57-73-33-35-76-60-80-64-108(134)102(62-78(80)58-74(76)34-36-75(73)59-79(77)63-107(101)133)94-54-56-100-114-96(94)30-24-32-98(114)118-110(142-86-47-39-82(40-48-86)130(12,13)14)66-104-116-106(68-112(120(100)122(116)118)144-88-51-43-84(44-52-88)132(18,19)20)128(140)136(126(104)138)124-91(71(5)6)27-22-28-92(124)72(7)8/h21-72H,1-20H3/b35-33-,36-34-,73-33?,74-34?,75-36?,76-35?. The van der Waals surface area contributed by atoms with Crippen LogP contribution in [0.5, 0.6) is 46.0 Å². The first-order valence-electron chi connectivity index (χ1n) is 50.3. The average molecular weight is 1930 g/mol. The second-order valence-corrected chi connectivity index (χ2v) is 45.9. The number of rotatable bonds is 16. The van der Waals surface area contributed by atoms with Gasteiger partial charge in [0.1, 0.15) is 46.0 Å². The molecule has 3 aliphatic rings. The van der Waals surface area contributed by atoms with Crippen LogP contribution in [-0.2, 0) is 21.7 Å². The third-order valence-electron chi connectivity index (χ3n) is 30.2. The van der Waals surface area contributed by atoms with Crippen LogP contribution < -0.4 is 28.7 Å². The summed E-state index contributed by atoms with van der Waals surface area (Å²) in [5.74, 6) is 2.39. The summed E-state index contributed by atoms with van der Waals surface area (Å²) in [5, 5.41) is 17.7. The summed E-state index contributed by atoms with van der Waals surface area (Å²) in [4.78, 5) is 67.7. The first-order chi connectivity index (χ1) is 68.7. The van der Waals surface area contributed by atoms with Crippen molar-refractivity contribution in [2.24, 2.45) is 0 Å². The SMILES string of the molecule is CC(C)c1cccc(C(C)C)c1N1C(=O)c2cc(Oc3ccc(C(C)(C)C)cc3)c3c4cccc5c(-c6cc7cc8c(cc7cc6Cl)/C=C\c6cc7cc(-c9ccc%10c%11c(Oc%12ccc(C(C)(C)C)cc%12)cc%12c%13c(cc(Oc%14ccc(C(C)(C)C)cc%14)c(c%14cccc9c%14%10)c%13%11)C(=O)N(c9c(C(C)C)cccc9C(C)C)C%12=O)c(Cl)cc7cc6/C=C\8)ccc(c6c(Oc7ccc(C(C)(C)C)cc7)cc(c2c36)C1=O)c54. The lowest BCUT2D eigenvalue weighted by Gasteiger charge is -2.33. The van der Waals surface area contributed by atoms with Gasteiger partial charge in [0.05, 0.1) is 33.6 Å². The Morgan fingerprint density at radius 1 is 0.229 bits per heavy atom. The first kappa shape index (κ1) is 92.8. The number of hydrogen-bond acceptors (Lipinski definition) is 8. The fourth-order valence-electron chi connectivity index (χ4n) is 22.6. The van der Waals surface area contributed by atoms with Crippen LogP contribution in [0.15, 0.2) is 267 Å². The van der Waals surface area contributed by atoms with E-state index >= 15 is 19.2 Å². The molecule has 0 bridgehead atoms. The Bertz CT molecular complexity index is 8160. The van der Waals surface area contributed by atoms with Crippen molar-refractivity contribution in [2.75, 3.05) is 9.80 Å². The molecule has 0 unspecified atom stereocenters. The van der Waals surface area contributed by atoms with Crippen LogP contribution >= 0.6 is 23.2 Å². The first-order valence-corrected chi connectivity index (χ1v) is 51.0. The van der Waals surface area contributed by atoms with E-state index in [1.807, 2.05) is 109 Å². The Hall–Kier alpha value is -14.9. The van der Waals surface area contributed by atoms with Gasteiger partial charge in [0, 0.05) is 64.3 Å². The summed E-state index contributed by atoms with van der Waals surface area (Å²) in [6.07, 6.45) is 8.80. The maximum absolute atomic E-state index is 16.2. The van der Waals surface area contributed by atoms with Crippen LogP contribution in [0.3, 0.4) is 0 Å². The Morgan fingerprint density at radius 2 is 0.465 bits per heavy atom. The topological polar surface area (TPSA) is 112 Å². The number of amides is 4. The van der Waals surface area contributed by atoms with Crippen molar-refractivity contribution in [3.05, 3.63) is 366 Å². The molecule has 0 N–H and O–H groups in total. The number of ether oxygens (including phenoxy) is 4. The molecule has 2 aliphatic heterocycles. The zero-order valence-electron chi connectivity index (χ0n) is 84.9. The van der Waals surface area contributed by atoms with Crippen molar-refractivity contribution in [1.82, 2.24) is 0 Å². The minimum Gasteiger partial charge on any atom is -0.457 e. The van der Waals surface area contributed by atoms with Crippen LogP contribution in [0, 0.1) is 0 Å². The average Bonchev–Trinajstić information content (AvgIpc) is 0.684. The van der Waals surface area contributed by atoms with Crippen molar-refractivity contribution in [3.8, 4) is 68.2 Å². The normalized spacial score (nSPS) is 14.2. The lowest BCUT2D eigenvalue weighted by atomic mass is 9.82. The summed E-state index contributed by atoms with van der Waals surface area (Å²) in [6.45, 7) is 43.1. The van der Waals surface area contributed by atoms with Gasteiger partial charge in [-0.05, 0) is 309 Å². The van der Waals surface area contributed by atoms with E-state index < -0.39 is 23.6 Å². The summed E-state index contributed by atoms with van der Waals surface area (Å²) in [5.41, 5.74) is 17.9. The van der Waals surface area contributed by atoms with Crippen LogP contribution in [-0.4, -0.2) is 23.6 Å². The van der Waals surface area contributed by atoms with E-state index in [0.717, 1.165) is 175 Å². The molecule has 1 aliphatic carbocycles. The monoisotopic (exact) mass is 1920 g/mol. The van der Waals surface area contributed by atoms with Gasteiger partial charge < -0.3 is 18.9 Å². The molecule has 20 aromatic rings. The van der Waals surface area contributed by atoms with E-state index in [9.17, 15) is 0 Å². The Balaban J connectivity index is 0.651. The molecule has 10 nitrogen and oxygen atoms in total. The van der Waals surface area contributed by atoms with Gasteiger partial charge in [-0.25, -0.2) is 9.80 Å². The van der Waals surface area contributed by atoms with Crippen LogP contribution in [0.2, 0.25) is 10.0 Å². The van der Waals surface area contributed by atoms with E-state index in [2.05, 4.69) is 321 Å². The Morgan fingerprint density at radius 3 is 0.715 bits per heavy atom. The molecule has 0 saturated heterocycles. The molecule has 20 aromatic carbocycles. The molecule has 0 aromatic heterocycles. The number of nitrogens with zero attached hydrogens (tertiary/aromatic N) is 2. The highest BCUT2D eigenvalue weighted by molar-refractivity contribution is 6.47. The molecule has 2 heterocycles.